The van der Waals surface area contributed by atoms with Gasteiger partial charge in [-0.25, -0.2) is 0 Å². The molecule has 0 aliphatic carbocycles. The molecule has 2 rings (SSSR count). The summed E-state index contributed by atoms with van der Waals surface area (Å²) in [5.41, 5.74) is 7.01. The number of nitrogens with one attached hydrogen (secondary N) is 2. The molecule has 0 radical (unpaired) electrons. The number of nitrogen functional groups attached to an aromatic ring is 1. The van der Waals surface area contributed by atoms with Crippen LogP contribution in [0.3, 0.4) is 0 Å². The van der Waals surface area contributed by atoms with E-state index < -0.39 is 0 Å². The van der Waals surface area contributed by atoms with Gasteiger partial charge in [0.05, 0.1) is 12.8 Å². The Kier molecular flexibility index (Phi) is 4.04. The van der Waals surface area contributed by atoms with Crippen LogP contribution in [0, 0.1) is 0 Å². The number of carbonyl (C=O) groups excluding carboxylic acids is 1. The summed E-state index contributed by atoms with van der Waals surface area (Å²) < 4.78 is 5.06. The third kappa shape index (κ3) is 3.13. The Bertz CT molecular complexity index is 428. The molecule has 0 saturated carbocycles. The molecule has 5 nitrogen and oxygen atoms in total. The van der Waals surface area contributed by atoms with E-state index in [9.17, 15) is 4.79 Å². The van der Waals surface area contributed by atoms with Gasteiger partial charge in [0.2, 0.25) is 5.91 Å². The lowest BCUT2D eigenvalue weighted by molar-refractivity contribution is -0.116. The molecule has 1 saturated heterocycles. The molecule has 5 heteroatoms. The summed E-state index contributed by atoms with van der Waals surface area (Å²) in [6.45, 7) is 1.01. The predicted molar refractivity (Wildman–Crippen MR) is 71.7 cm³/mol. The molecule has 1 aliphatic rings. The van der Waals surface area contributed by atoms with Crippen molar-refractivity contribution in [1.29, 1.82) is 0 Å². The minimum atomic E-state index is 0.0129. The highest BCUT2D eigenvalue weighted by Crippen LogP contribution is 2.24. The fraction of sp³-hybridized carbons (Fsp3) is 0.462. The third-order valence-electron chi connectivity index (χ3n) is 3.11. The average molecular weight is 249 g/mol. The second-order valence-corrected chi connectivity index (χ2v) is 4.50. The second-order valence-electron chi connectivity index (χ2n) is 4.50. The van der Waals surface area contributed by atoms with Crippen molar-refractivity contribution in [3.63, 3.8) is 0 Å². The molecule has 0 spiro atoms. The topological polar surface area (TPSA) is 76.4 Å². The maximum Gasteiger partial charge on any atom is 0.225 e. The summed E-state index contributed by atoms with van der Waals surface area (Å²) in [4.78, 5) is 11.8. The fourth-order valence-corrected chi connectivity index (χ4v) is 2.18. The normalized spacial score (nSPS) is 18.6. The van der Waals surface area contributed by atoms with Gasteiger partial charge in [0, 0.05) is 18.2 Å². The molecule has 1 aromatic rings. The zero-order valence-corrected chi connectivity index (χ0v) is 10.5. The number of rotatable bonds is 4. The number of nitrogens with two attached hydrogens (primary N) is 1. The van der Waals surface area contributed by atoms with Gasteiger partial charge in [-0.15, -0.1) is 0 Å². The number of benzene rings is 1. The standard InChI is InChI=1S/C13H19N3O2/c1-18-12-5-4-10(7-11(12)14)16-13(17)8-9-3-2-6-15-9/h4-5,7,9,15H,2-3,6,8,14H2,1H3,(H,16,17). The first-order valence-electron chi connectivity index (χ1n) is 6.16. The van der Waals surface area contributed by atoms with Gasteiger partial charge < -0.3 is 21.1 Å². The number of methoxy groups -OCH3 is 1. The highest BCUT2D eigenvalue weighted by molar-refractivity contribution is 5.91. The van der Waals surface area contributed by atoms with E-state index in [1.165, 1.54) is 0 Å². The maximum absolute atomic E-state index is 11.8. The average Bonchev–Trinajstić information content (AvgIpc) is 2.82. The van der Waals surface area contributed by atoms with Crippen LogP contribution in [0.15, 0.2) is 18.2 Å². The van der Waals surface area contributed by atoms with Crippen LogP contribution in [0.4, 0.5) is 11.4 Å². The summed E-state index contributed by atoms with van der Waals surface area (Å²) in [6.07, 6.45) is 2.72. The Hall–Kier alpha value is -1.75. The van der Waals surface area contributed by atoms with Crippen molar-refractivity contribution in [3.8, 4) is 5.75 Å². The molecule has 1 fully saturated rings. The Balaban J connectivity index is 1.92. The van der Waals surface area contributed by atoms with Gasteiger partial charge in [-0.1, -0.05) is 0 Å². The fourth-order valence-electron chi connectivity index (χ4n) is 2.18. The zero-order chi connectivity index (χ0) is 13.0. The van der Waals surface area contributed by atoms with E-state index in [0.717, 1.165) is 19.4 Å². The number of ether oxygens (including phenoxy) is 1. The van der Waals surface area contributed by atoms with Crippen molar-refractivity contribution in [1.82, 2.24) is 5.32 Å². The van der Waals surface area contributed by atoms with E-state index in [-0.39, 0.29) is 5.91 Å². The molecule has 4 N–H and O–H groups in total. The SMILES string of the molecule is COc1ccc(NC(=O)CC2CCCN2)cc1N. The van der Waals surface area contributed by atoms with Crippen LogP contribution in [-0.4, -0.2) is 25.6 Å². The van der Waals surface area contributed by atoms with Gasteiger partial charge in [-0.3, -0.25) is 4.79 Å². The molecular weight excluding hydrogens is 230 g/mol. The first-order valence-corrected chi connectivity index (χ1v) is 6.16. The van der Waals surface area contributed by atoms with E-state index in [2.05, 4.69) is 10.6 Å². The number of hydrogen-bond acceptors (Lipinski definition) is 4. The van der Waals surface area contributed by atoms with E-state index in [1.54, 1.807) is 25.3 Å². The lowest BCUT2D eigenvalue weighted by Crippen LogP contribution is -2.27. The van der Waals surface area contributed by atoms with E-state index in [1.807, 2.05) is 0 Å². The quantitative estimate of drug-likeness (QED) is 0.704. The van der Waals surface area contributed by atoms with Crippen LogP contribution in [0.5, 0.6) is 5.75 Å². The van der Waals surface area contributed by atoms with Crippen LogP contribution >= 0.6 is 0 Å². The van der Waals surface area contributed by atoms with Crippen molar-refractivity contribution in [2.75, 3.05) is 24.7 Å². The smallest absolute Gasteiger partial charge is 0.225 e. The van der Waals surface area contributed by atoms with Crippen LogP contribution < -0.4 is 21.1 Å². The molecule has 0 aromatic heterocycles. The number of anilines is 2. The molecule has 1 heterocycles. The highest BCUT2D eigenvalue weighted by atomic mass is 16.5. The summed E-state index contributed by atoms with van der Waals surface area (Å²) in [6, 6.07) is 5.55. The highest BCUT2D eigenvalue weighted by Gasteiger charge is 2.17. The molecule has 98 valence electrons. The van der Waals surface area contributed by atoms with Crippen molar-refractivity contribution in [3.05, 3.63) is 18.2 Å². The molecule has 1 unspecified atom stereocenters. The summed E-state index contributed by atoms with van der Waals surface area (Å²) >= 11 is 0. The summed E-state index contributed by atoms with van der Waals surface area (Å²) in [5.74, 6) is 0.629. The minimum Gasteiger partial charge on any atom is -0.495 e. The number of hydrogen-bond donors (Lipinski definition) is 3. The Morgan fingerprint density at radius 3 is 3.06 bits per heavy atom. The van der Waals surface area contributed by atoms with Crippen LogP contribution in [-0.2, 0) is 4.79 Å². The molecule has 1 aromatic carbocycles. The lowest BCUT2D eigenvalue weighted by Gasteiger charge is -2.11. The first-order chi connectivity index (χ1) is 8.69. The minimum absolute atomic E-state index is 0.0129. The summed E-state index contributed by atoms with van der Waals surface area (Å²) in [7, 11) is 1.57. The van der Waals surface area contributed by atoms with Crippen LogP contribution in [0.2, 0.25) is 0 Å². The largest absolute Gasteiger partial charge is 0.495 e. The van der Waals surface area contributed by atoms with E-state index in [0.29, 0.717) is 29.6 Å². The van der Waals surface area contributed by atoms with Gasteiger partial charge in [0.25, 0.3) is 0 Å². The van der Waals surface area contributed by atoms with Crippen molar-refractivity contribution in [2.24, 2.45) is 0 Å². The van der Waals surface area contributed by atoms with Crippen LogP contribution in [0.1, 0.15) is 19.3 Å². The van der Waals surface area contributed by atoms with Crippen molar-refractivity contribution >= 4 is 17.3 Å². The van der Waals surface area contributed by atoms with Gasteiger partial charge in [0.1, 0.15) is 5.75 Å². The number of carbonyl (C=O) groups is 1. The molecule has 1 aliphatic heterocycles. The Morgan fingerprint density at radius 1 is 1.61 bits per heavy atom. The monoisotopic (exact) mass is 249 g/mol. The Morgan fingerprint density at radius 2 is 2.44 bits per heavy atom. The van der Waals surface area contributed by atoms with Crippen molar-refractivity contribution in [2.45, 2.75) is 25.3 Å². The molecule has 0 bridgehead atoms. The first kappa shape index (κ1) is 12.7. The van der Waals surface area contributed by atoms with Gasteiger partial charge in [-0.2, -0.15) is 0 Å². The summed E-state index contributed by atoms with van der Waals surface area (Å²) in [5, 5.41) is 6.14. The molecular formula is C13H19N3O2. The zero-order valence-electron chi connectivity index (χ0n) is 10.5. The van der Waals surface area contributed by atoms with Gasteiger partial charge in [0.15, 0.2) is 0 Å². The Labute approximate surface area is 107 Å². The number of amides is 1. The second kappa shape index (κ2) is 5.73. The molecule has 1 amide bonds. The van der Waals surface area contributed by atoms with Crippen molar-refractivity contribution < 1.29 is 9.53 Å². The van der Waals surface area contributed by atoms with E-state index in [4.69, 9.17) is 10.5 Å². The lowest BCUT2D eigenvalue weighted by atomic mass is 10.1. The van der Waals surface area contributed by atoms with Crippen LogP contribution in [0.25, 0.3) is 0 Å². The predicted octanol–water partition coefficient (Wildman–Crippen LogP) is 1.36. The molecule has 18 heavy (non-hydrogen) atoms. The molecule has 1 atom stereocenters. The van der Waals surface area contributed by atoms with Gasteiger partial charge in [-0.05, 0) is 37.6 Å². The third-order valence-corrected chi connectivity index (χ3v) is 3.11. The van der Waals surface area contributed by atoms with E-state index >= 15 is 0 Å². The van der Waals surface area contributed by atoms with Gasteiger partial charge >= 0.3 is 0 Å². The maximum atomic E-state index is 11.8.